The van der Waals surface area contributed by atoms with Crippen molar-refractivity contribution in [2.24, 2.45) is 0 Å². The maximum absolute atomic E-state index is 12.3. The van der Waals surface area contributed by atoms with E-state index in [2.05, 4.69) is 25.8 Å². The predicted octanol–water partition coefficient (Wildman–Crippen LogP) is 4.19. The molecule has 0 saturated heterocycles. The van der Waals surface area contributed by atoms with Crippen molar-refractivity contribution in [3.05, 3.63) is 70.3 Å². The minimum Gasteiger partial charge on any atom is -0.492 e. The largest absolute Gasteiger partial charge is 0.492 e. The van der Waals surface area contributed by atoms with Gasteiger partial charge < -0.3 is 10.1 Å². The lowest BCUT2D eigenvalue weighted by Gasteiger charge is -2.10. The first-order valence-electron chi connectivity index (χ1n) is 9.77. The van der Waals surface area contributed by atoms with Gasteiger partial charge in [-0.25, -0.2) is 9.78 Å². The maximum atomic E-state index is 12.3. The number of hydrogen-bond acceptors (Lipinski definition) is 8. The molecule has 4 rings (SSSR count). The van der Waals surface area contributed by atoms with Gasteiger partial charge in [-0.3, -0.25) is 14.5 Å². The van der Waals surface area contributed by atoms with Gasteiger partial charge >= 0.3 is 6.03 Å². The van der Waals surface area contributed by atoms with Gasteiger partial charge in [0, 0.05) is 18.0 Å². The Morgan fingerprint density at radius 1 is 1.19 bits per heavy atom. The number of thioether (sulfide) groups is 1. The minimum atomic E-state index is -0.440. The quantitative estimate of drug-likeness (QED) is 0.309. The van der Waals surface area contributed by atoms with Crippen LogP contribution in [0.5, 0.6) is 5.75 Å². The molecule has 0 aliphatic heterocycles. The van der Waals surface area contributed by atoms with Crippen LogP contribution in [0.4, 0.5) is 15.6 Å². The van der Waals surface area contributed by atoms with Crippen molar-refractivity contribution in [3.63, 3.8) is 0 Å². The Morgan fingerprint density at radius 2 is 2.03 bits per heavy atom. The van der Waals surface area contributed by atoms with Crippen molar-refractivity contribution < 1.29 is 9.53 Å². The lowest BCUT2D eigenvalue weighted by Crippen LogP contribution is -2.19. The van der Waals surface area contributed by atoms with E-state index < -0.39 is 6.03 Å². The number of para-hydroxylation sites is 2. The second kappa shape index (κ2) is 9.79. The van der Waals surface area contributed by atoms with Crippen molar-refractivity contribution in [2.45, 2.75) is 23.9 Å². The zero-order chi connectivity index (χ0) is 22.5. The molecule has 3 aromatic heterocycles. The molecule has 11 heteroatoms. The van der Waals surface area contributed by atoms with Crippen LogP contribution in [0.25, 0.3) is 5.65 Å². The van der Waals surface area contributed by atoms with Crippen molar-refractivity contribution >= 4 is 45.6 Å². The second-order valence-corrected chi connectivity index (χ2v) is 8.84. The van der Waals surface area contributed by atoms with Gasteiger partial charge in [0.05, 0.1) is 18.0 Å². The zero-order valence-corrected chi connectivity index (χ0v) is 19.0. The van der Waals surface area contributed by atoms with Gasteiger partial charge in [-0.15, -0.1) is 10.2 Å². The average Bonchev–Trinajstić information content (AvgIpc) is 3.22. The number of nitrogens with zero attached hydrogens (tertiary/aromatic N) is 4. The first-order chi connectivity index (χ1) is 15.5. The summed E-state index contributed by atoms with van der Waals surface area (Å²) >= 11 is 2.64. The third-order valence-electron chi connectivity index (χ3n) is 4.34. The van der Waals surface area contributed by atoms with E-state index in [-0.39, 0.29) is 5.56 Å². The Kier molecular flexibility index (Phi) is 6.66. The number of fused-ring (bicyclic) bond motifs is 1. The molecule has 0 saturated carbocycles. The molecule has 164 valence electrons. The van der Waals surface area contributed by atoms with Crippen LogP contribution in [-0.4, -0.2) is 32.2 Å². The first-order valence-corrected chi connectivity index (χ1v) is 11.6. The summed E-state index contributed by atoms with van der Waals surface area (Å²) in [7, 11) is 0. The molecular formula is C21H20N6O3S2. The molecular weight excluding hydrogens is 448 g/mol. The van der Waals surface area contributed by atoms with Crippen molar-refractivity contribution in [3.8, 4) is 5.75 Å². The molecule has 0 radical (unpaired) electrons. The number of carbonyl (C=O) groups is 1. The van der Waals surface area contributed by atoms with Gasteiger partial charge in [-0.05, 0) is 37.6 Å². The summed E-state index contributed by atoms with van der Waals surface area (Å²) in [6, 6.07) is 12.0. The number of benzene rings is 1. The average molecular weight is 469 g/mol. The van der Waals surface area contributed by atoms with Crippen molar-refractivity contribution in [2.75, 3.05) is 17.2 Å². The molecule has 0 aliphatic carbocycles. The minimum absolute atomic E-state index is 0.127. The number of pyridine rings is 1. The first kappa shape index (κ1) is 21.8. The van der Waals surface area contributed by atoms with Gasteiger partial charge in [0.25, 0.3) is 5.56 Å². The van der Waals surface area contributed by atoms with E-state index in [4.69, 9.17) is 4.74 Å². The highest BCUT2D eigenvalue weighted by Crippen LogP contribution is 2.28. The van der Waals surface area contributed by atoms with Crippen LogP contribution < -0.4 is 20.9 Å². The molecule has 9 nitrogen and oxygen atoms in total. The van der Waals surface area contributed by atoms with Gasteiger partial charge in [0.1, 0.15) is 11.4 Å². The summed E-state index contributed by atoms with van der Waals surface area (Å²) in [5.74, 6) is 1.05. The second-order valence-electron chi connectivity index (χ2n) is 6.64. The van der Waals surface area contributed by atoms with Gasteiger partial charge in [0.2, 0.25) is 5.13 Å². The van der Waals surface area contributed by atoms with Gasteiger partial charge in [-0.1, -0.05) is 41.3 Å². The third kappa shape index (κ3) is 5.06. The molecule has 1 aromatic carbocycles. The van der Waals surface area contributed by atoms with Crippen molar-refractivity contribution in [1.29, 1.82) is 0 Å². The van der Waals surface area contributed by atoms with Crippen LogP contribution in [0, 0.1) is 6.92 Å². The summed E-state index contributed by atoms with van der Waals surface area (Å²) in [4.78, 5) is 29.2. The Hall–Kier alpha value is -3.44. The zero-order valence-electron chi connectivity index (χ0n) is 17.4. The van der Waals surface area contributed by atoms with E-state index in [1.54, 1.807) is 18.3 Å². The number of nitrogens with one attached hydrogen (secondary N) is 2. The van der Waals surface area contributed by atoms with Crippen LogP contribution >= 0.6 is 23.1 Å². The van der Waals surface area contributed by atoms with Gasteiger partial charge in [0.15, 0.2) is 4.34 Å². The van der Waals surface area contributed by atoms with Crippen LogP contribution in [0.3, 0.4) is 0 Å². The van der Waals surface area contributed by atoms with Gasteiger partial charge in [-0.2, -0.15) is 0 Å². The number of carbonyl (C=O) groups excluding carboxylic acids is 1. The molecule has 2 N–H and O–H groups in total. The molecule has 2 amide bonds. The summed E-state index contributed by atoms with van der Waals surface area (Å²) < 4.78 is 7.69. The summed E-state index contributed by atoms with van der Waals surface area (Å²) in [6.45, 7) is 4.29. The normalized spacial score (nSPS) is 10.8. The number of urea groups is 1. The number of hydrogen-bond donors (Lipinski definition) is 2. The monoisotopic (exact) mass is 468 g/mol. The number of amides is 2. The molecule has 0 unspecified atom stereocenters. The van der Waals surface area contributed by atoms with Crippen LogP contribution in [0.2, 0.25) is 0 Å². The lowest BCUT2D eigenvalue weighted by molar-refractivity contribution is 0.262. The standard InChI is InChI=1S/C21H20N6O3S2/c1-3-30-16-9-5-4-8-15(16)23-19(29)24-20-25-26-21(32-20)31-12-14-11-17(28)27-10-6-7-13(2)18(27)22-14/h4-11H,3,12H2,1-2H3,(H2,23,24,25,29). The smallest absolute Gasteiger partial charge is 0.325 e. The highest BCUT2D eigenvalue weighted by Gasteiger charge is 2.12. The van der Waals surface area contributed by atoms with Crippen LogP contribution in [0.1, 0.15) is 18.2 Å². The number of anilines is 2. The molecule has 3 heterocycles. The van der Waals surface area contributed by atoms with Crippen LogP contribution in [-0.2, 0) is 5.75 Å². The Balaban J connectivity index is 1.38. The molecule has 0 aliphatic rings. The fourth-order valence-electron chi connectivity index (χ4n) is 2.94. The molecule has 0 spiro atoms. The maximum Gasteiger partial charge on any atom is 0.325 e. The number of ether oxygens (including phenoxy) is 1. The van der Waals surface area contributed by atoms with E-state index in [1.165, 1.54) is 33.6 Å². The van der Waals surface area contributed by atoms with Crippen LogP contribution in [0.15, 0.2) is 57.8 Å². The molecule has 0 atom stereocenters. The number of aromatic nitrogens is 4. The summed E-state index contributed by atoms with van der Waals surface area (Å²) in [5, 5.41) is 13.9. The van der Waals surface area contributed by atoms with E-state index in [9.17, 15) is 9.59 Å². The Labute approximate surface area is 191 Å². The highest BCUT2D eigenvalue weighted by molar-refractivity contribution is 8.00. The topological polar surface area (TPSA) is 111 Å². The summed E-state index contributed by atoms with van der Waals surface area (Å²) in [6.07, 6.45) is 1.70. The molecule has 32 heavy (non-hydrogen) atoms. The SMILES string of the molecule is CCOc1ccccc1NC(=O)Nc1nnc(SCc2cc(=O)n3cccc(C)c3n2)s1. The fourth-order valence-corrected chi connectivity index (χ4v) is 4.58. The number of rotatable bonds is 7. The molecule has 4 aromatic rings. The van der Waals surface area contributed by atoms with E-state index in [0.717, 1.165) is 5.56 Å². The lowest BCUT2D eigenvalue weighted by atomic mass is 10.3. The molecule has 0 bridgehead atoms. The van der Waals surface area contributed by atoms with E-state index in [0.29, 0.717) is 44.6 Å². The van der Waals surface area contributed by atoms with E-state index in [1.807, 2.05) is 38.1 Å². The highest BCUT2D eigenvalue weighted by atomic mass is 32.2. The predicted molar refractivity (Wildman–Crippen MR) is 126 cm³/mol. The Bertz CT molecular complexity index is 1320. The van der Waals surface area contributed by atoms with Crippen molar-refractivity contribution in [1.82, 2.24) is 19.6 Å². The Morgan fingerprint density at radius 3 is 2.88 bits per heavy atom. The number of aryl methyl sites for hydroxylation is 1. The third-order valence-corrected chi connectivity index (χ3v) is 6.35. The van der Waals surface area contributed by atoms with E-state index >= 15 is 0 Å². The molecule has 0 fully saturated rings. The fraction of sp³-hybridized carbons (Fsp3) is 0.190. The summed E-state index contributed by atoms with van der Waals surface area (Å²) in [5.41, 5.74) is 2.66.